The molecule has 0 bridgehead atoms. The highest BCUT2D eigenvalue weighted by atomic mass is 32.2. The number of amides is 1. The van der Waals surface area contributed by atoms with Crippen LogP contribution in [0.1, 0.15) is 27.5 Å². The fraction of sp³-hybridized carbons (Fsp3) is 0.0588. The topological polar surface area (TPSA) is 61.7 Å². The Morgan fingerprint density at radius 2 is 2.05 bits per heavy atom. The standard InChI is InChI=1S/C17H12N2O2S/c20-12-6-3-5-11(8-12)16(21)19-17-18-15-13-7-2-1-4-10(13)9-14(15)22-17/h1-9,15,20H,(H,18,19,21). The number of phenolic OH excluding ortho intramolecular Hbond substituents is 1. The quantitative estimate of drug-likeness (QED) is 0.849. The SMILES string of the molecule is O=C(NC1=NC2C(=Cc3ccccc32)S1)c1cccc(O)c1. The second-order valence-corrected chi connectivity index (χ2v) is 6.18. The summed E-state index contributed by atoms with van der Waals surface area (Å²) in [5.41, 5.74) is 2.78. The molecule has 2 aromatic rings. The Kier molecular flexibility index (Phi) is 3.01. The average molecular weight is 308 g/mol. The first-order valence-corrected chi connectivity index (χ1v) is 7.69. The molecule has 0 saturated heterocycles. The lowest BCUT2D eigenvalue weighted by Gasteiger charge is -2.05. The molecule has 108 valence electrons. The summed E-state index contributed by atoms with van der Waals surface area (Å²) >= 11 is 1.48. The molecule has 5 heteroatoms. The molecule has 4 nitrogen and oxygen atoms in total. The van der Waals surface area contributed by atoms with E-state index in [1.54, 1.807) is 12.1 Å². The molecule has 1 heterocycles. The van der Waals surface area contributed by atoms with E-state index in [9.17, 15) is 9.90 Å². The number of thioether (sulfide) groups is 1. The van der Waals surface area contributed by atoms with Gasteiger partial charge in [0.05, 0.1) is 0 Å². The molecule has 0 radical (unpaired) electrons. The van der Waals surface area contributed by atoms with Crippen molar-refractivity contribution in [2.45, 2.75) is 6.04 Å². The van der Waals surface area contributed by atoms with Gasteiger partial charge in [-0.05, 0) is 35.4 Å². The lowest BCUT2D eigenvalue weighted by molar-refractivity contribution is 0.0977. The van der Waals surface area contributed by atoms with Crippen molar-refractivity contribution in [3.8, 4) is 5.75 Å². The van der Waals surface area contributed by atoms with Gasteiger partial charge in [-0.2, -0.15) is 0 Å². The first kappa shape index (κ1) is 13.2. The Labute approximate surface area is 131 Å². The predicted octanol–water partition coefficient (Wildman–Crippen LogP) is 3.32. The molecule has 1 atom stereocenters. The van der Waals surface area contributed by atoms with Crippen LogP contribution >= 0.6 is 11.8 Å². The van der Waals surface area contributed by atoms with Gasteiger partial charge in [0.2, 0.25) is 0 Å². The Morgan fingerprint density at radius 3 is 2.91 bits per heavy atom. The Hall–Kier alpha value is -2.53. The van der Waals surface area contributed by atoms with Gasteiger partial charge in [0.25, 0.3) is 5.91 Å². The zero-order valence-corrected chi connectivity index (χ0v) is 12.3. The molecule has 1 unspecified atom stereocenters. The Balaban J connectivity index is 1.55. The Bertz CT molecular complexity index is 842. The first-order chi connectivity index (χ1) is 10.7. The van der Waals surface area contributed by atoms with Crippen LogP contribution in [0.5, 0.6) is 5.75 Å². The second kappa shape index (κ2) is 5.03. The summed E-state index contributed by atoms with van der Waals surface area (Å²) in [5, 5.41) is 12.8. The van der Waals surface area contributed by atoms with Crippen LogP contribution < -0.4 is 5.32 Å². The van der Waals surface area contributed by atoms with Crippen LogP contribution in [0.25, 0.3) is 6.08 Å². The van der Waals surface area contributed by atoms with Gasteiger partial charge < -0.3 is 10.4 Å². The number of nitrogens with zero attached hydrogens (tertiary/aromatic N) is 1. The third-order valence-corrected chi connectivity index (χ3v) is 4.63. The Morgan fingerprint density at radius 1 is 1.18 bits per heavy atom. The number of carbonyl (C=O) groups is 1. The summed E-state index contributed by atoms with van der Waals surface area (Å²) in [6.45, 7) is 0. The molecule has 1 amide bonds. The summed E-state index contributed by atoms with van der Waals surface area (Å²) in [5.74, 6) is -0.196. The summed E-state index contributed by atoms with van der Waals surface area (Å²) < 4.78 is 0. The number of hydrogen-bond donors (Lipinski definition) is 2. The molecule has 2 aliphatic rings. The van der Waals surface area contributed by atoms with Gasteiger partial charge in [0, 0.05) is 10.5 Å². The van der Waals surface area contributed by atoms with Gasteiger partial charge in [0.1, 0.15) is 11.8 Å². The minimum Gasteiger partial charge on any atom is -0.508 e. The van der Waals surface area contributed by atoms with Crippen LogP contribution in [-0.4, -0.2) is 16.2 Å². The molecule has 0 aromatic heterocycles. The first-order valence-electron chi connectivity index (χ1n) is 6.87. The summed E-state index contributed by atoms with van der Waals surface area (Å²) in [7, 11) is 0. The molecule has 1 aliphatic heterocycles. The maximum atomic E-state index is 12.2. The zero-order chi connectivity index (χ0) is 15.1. The minimum absolute atomic E-state index is 0.000626. The van der Waals surface area contributed by atoms with E-state index in [-0.39, 0.29) is 17.7 Å². The van der Waals surface area contributed by atoms with Crippen molar-refractivity contribution in [1.82, 2.24) is 5.32 Å². The van der Waals surface area contributed by atoms with Crippen LogP contribution in [0.2, 0.25) is 0 Å². The molecule has 1 aliphatic carbocycles. The van der Waals surface area contributed by atoms with Crippen LogP contribution in [-0.2, 0) is 0 Å². The second-order valence-electron chi connectivity index (χ2n) is 5.12. The highest BCUT2D eigenvalue weighted by Crippen LogP contribution is 2.47. The van der Waals surface area contributed by atoms with Crippen LogP contribution in [0.3, 0.4) is 0 Å². The lowest BCUT2D eigenvalue weighted by Crippen LogP contribution is -2.27. The number of phenols is 1. The molecular weight excluding hydrogens is 296 g/mol. The zero-order valence-electron chi connectivity index (χ0n) is 11.5. The van der Waals surface area contributed by atoms with Gasteiger partial charge in [-0.1, -0.05) is 42.1 Å². The molecule has 0 spiro atoms. The van der Waals surface area contributed by atoms with E-state index >= 15 is 0 Å². The normalized spacial score (nSPS) is 18.3. The van der Waals surface area contributed by atoms with Crippen molar-refractivity contribution >= 4 is 28.9 Å². The van der Waals surface area contributed by atoms with Crippen molar-refractivity contribution in [3.05, 3.63) is 70.1 Å². The molecular formula is C17H12N2O2S. The molecule has 2 N–H and O–H groups in total. The number of aromatic hydroxyl groups is 1. The van der Waals surface area contributed by atoms with Crippen molar-refractivity contribution in [3.63, 3.8) is 0 Å². The van der Waals surface area contributed by atoms with Crippen molar-refractivity contribution in [2.24, 2.45) is 4.99 Å². The maximum absolute atomic E-state index is 12.2. The van der Waals surface area contributed by atoms with E-state index in [0.29, 0.717) is 10.7 Å². The number of benzene rings is 2. The van der Waals surface area contributed by atoms with E-state index in [2.05, 4.69) is 28.5 Å². The highest BCUT2D eigenvalue weighted by Gasteiger charge is 2.32. The van der Waals surface area contributed by atoms with Crippen molar-refractivity contribution in [1.29, 1.82) is 0 Å². The third kappa shape index (κ3) is 2.19. The number of fused-ring (bicyclic) bond motifs is 3. The molecule has 0 saturated carbocycles. The smallest absolute Gasteiger partial charge is 0.257 e. The van der Waals surface area contributed by atoms with Gasteiger partial charge in [0.15, 0.2) is 5.17 Å². The van der Waals surface area contributed by atoms with Gasteiger partial charge in [-0.15, -0.1) is 0 Å². The van der Waals surface area contributed by atoms with E-state index in [4.69, 9.17) is 0 Å². The van der Waals surface area contributed by atoms with Crippen LogP contribution in [0, 0.1) is 0 Å². The van der Waals surface area contributed by atoms with Gasteiger partial charge >= 0.3 is 0 Å². The van der Waals surface area contributed by atoms with Crippen LogP contribution in [0.4, 0.5) is 0 Å². The summed E-state index contributed by atoms with van der Waals surface area (Å²) in [6.07, 6.45) is 2.11. The van der Waals surface area contributed by atoms with E-state index in [1.807, 2.05) is 12.1 Å². The number of rotatable bonds is 1. The van der Waals surface area contributed by atoms with Crippen molar-refractivity contribution < 1.29 is 9.90 Å². The minimum atomic E-state index is -0.268. The monoisotopic (exact) mass is 308 g/mol. The number of aliphatic imine (C=N–C) groups is 1. The van der Waals surface area contributed by atoms with Crippen molar-refractivity contribution in [2.75, 3.05) is 0 Å². The average Bonchev–Trinajstić information content (AvgIpc) is 3.04. The fourth-order valence-electron chi connectivity index (χ4n) is 2.62. The van der Waals surface area contributed by atoms with E-state index in [0.717, 1.165) is 4.91 Å². The molecule has 22 heavy (non-hydrogen) atoms. The van der Waals surface area contributed by atoms with Gasteiger partial charge in [-0.3, -0.25) is 4.79 Å². The largest absolute Gasteiger partial charge is 0.508 e. The number of nitrogens with one attached hydrogen (secondary N) is 1. The van der Waals surface area contributed by atoms with E-state index in [1.165, 1.54) is 35.0 Å². The molecule has 0 fully saturated rings. The predicted molar refractivity (Wildman–Crippen MR) is 87.8 cm³/mol. The number of carbonyl (C=O) groups excluding carboxylic acids is 1. The number of hydrogen-bond acceptors (Lipinski definition) is 4. The number of amidine groups is 1. The van der Waals surface area contributed by atoms with E-state index < -0.39 is 0 Å². The molecule has 2 aromatic carbocycles. The third-order valence-electron chi connectivity index (χ3n) is 3.65. The fourth-order valence-corrected chi connectivity index (χ4v) is 3.63. The summed E-state index contributed by atoms with van der Waals surface area (Å²) in [6, 6.07) is 14.4. The lowest BCUT2D eigenvalue weighted by atomic mass is 10.1. The highest BCUT2D eigenvalue weighted by molar-refractivity contribution is 8.17. The van der Waals surface area contributed by atoms with Gasteiger partial charge in [-0.25, -0.2) is 4.99 Å². The molecule has 4 rings (SSSR count). The summed E-state index contributed by atoms with van der Waals surface area (Å²) in [4.78, 5) is 17.9. The van der Waals surface area contributed by atoms with Crippen LogP contribution in [0.15, 0.2) is 58.4 Å². The maximum Gasteiger partial charge on any atom is 0.257 e.